The Labute approximate surface area is 179 Å². The first kappa shape index (κ1) is 21.9. The molecule has 1 fully saturated rings. The lowest BCUT2D eigenvalue weighted by molar-refractivity contribution is -0.126. The van der Waals surface area contributed by atoms with Gasteiger partial charge in [-0.05, 0) is 60.1 Å². The van der Waals surface area contributed by atoms with Gasteiger partial charge in [-0.25, -0.2) is 0 Å². The molecule has 1 aliphatic rings. The van der Waals surface area contributed by atoms with Gasteiger partial charge in [-0.15, -0.1) is 0 Å². The van der Waals surface area contributed by atoms with Crippen molar-refractivity contribution in [1.29, 1.82) is 0 Å². The van der Waals surface area contributed by atoms with Crippen LogP contribution in [0.5, 0.6) is 0 Å². The lowest BCUT2D eigenvalue weighted by atomic mass is 9.82. The summed E-state index contributed by atoms with van der Waals surface area (Å²) in [4.78, 5) is 23.2. The number of nitrogens with one attached hydrogen (secondary N) is 3. The quantitative estimate of drug-likeness (QED) is 0.543. The maximum Gasteiger partial charge on any atom is 0.225 e. The van der Waals surface area contributed by atoms with E-state index in [1.54, 1.807) is 0 Å². The van der Waals surface area contributed by atoms with E-state index in [0.717, 1.165) is 30.6 Å². The monoisotopic (exact) mass is 407 g/mol. The smallest absolute Gasteiger partial charge is 0.225 e. The van der Waals surface area contributed by atoms with Crippen molar-refractivity contribution in [1.82, 2.24) is 10.6 Å². The Balaban J connectivity index is 1.42. The molecule has 5 heteroatoms. The summed E-state index contributed by atoms with van der Waals surface area (Å²) in [6, 6.07) is 17.1. The first-order valence-electron chi connectivity index (χ1n) is 10.9. The summed E-state index contributed by atoms with van der Waals surface area (Å²) in [5.74, 6) is -0.282. The molecule has 0 saturated carbocycles. The number of carbonyl (C=O) groups excluding carboxylic acids is 2. The number of carbonyl (C=O) groups is 2. The number of aryl methyl sites for hydroxylation is 1. The van der Waals surface area contributed by atoms with Crippen molar-refractivity contribution < 1.29 is 9.59 Å². The van der Waals surface area contributed by atoms with Crippen LogP contribution in [0.1, 0.15) is 51.2 Å². The van der Waals surface area contributed by atoms with E-state index in [9.17, 15) is 9.59 Å². The molecule has 1 saturated heterocycles. The molecule has 0 aliphatic carbocycles. The average Bonchev–Trinajstić information content (AvgIpc) is 3.19. The van der Waals surface area contributed by atoms with Crippen molar-refractivity contribution in [3.63, 3.8) is 0 Å². The van der Waals surface area contributed by atoms with Crippen molar-refractivity contribution in [2.75, 3.05) is 18.4 Å². The topological polar surface area (TPSA) is 70.2 Å². The standard InChI is InChI=1S/C25H33N3O2/c1-4-25(2,3)20-9-13-22(14-10-20)28-21-11-7-18(8-12-21)6-5-15-26-24(30)19-16-23(29)27-17-19/h7-14,19,28H,4-6,15-17H2,1-3H3,(H,26,30)(H,27,29). The van der Waals surface area contributed by atoms with Gasteiger partial charge in [0.1, 0.15) is 0 Å². The molecule has 2 amide bonds. The summed E-state index contributed by atoms with van der Waals surface area (Å²) in [7, 11) is 0. The maximum absolute atomic E-state index is 12.0. The molecular weight excluding hydrogens is 374 g/mol. The van der Waals surface area contributed by atoms with Crippen LogP contribution in [-0.2, 0) is 21.4 Å². The molecule has 0 aromatic heterocycles. The summed E-state index contributed by atoms with van der Waals surface area (Å²) in [5, 5.41) is 9.08. The van der Waals surface area contributed by atoms with E-state index in [1.807, 2.05) is 0 Å². The molecule has 1 heterocycles. The SMILES string of the molecule is CCC(C)(C)c1ccc(Nc2ccc(CCCNC(=O)C3CNC(=O)C3)cc2)cc1. The number of hydrogen-bond donors (Lipinski definition) is 3. The third kappa shape index (κ3) is 5.85. The molecule has 1 aliphatic heterocycles. The lowest BCUT2D eigenvalue weighted by Gasteiger charge is -2.23. The Kier molecular flexibility index (Phi) is 7.14. The van der Waals surface area contributed by atoms with E-state index >= 15 is 0 Å². The van der Waals surface area contributed by atoms with Gasteiger partial charge in [0.2, 0.25) is 11.8 Å². The molecule has 2 aromatic rings. The molecular formula is C25H33N3O2. The minimum absolute atomic E-state index is 0.0266. The highest BCUT2D eigenvalue weighted by atomic mass is 16.2. The number of amides is 2. The van der Waals surface area contributed by atoms with E-state index in [-0.39, 0.29) is 23.1 Å². The van der Waals surface area contributed by atoms with Gasteiger partial charge in [0, 0.05) is 30.9 Å². The molecule has 3 N–H and O–H groups in total. The number of anilines is 2. The zero-order chi connectivity index (χ0) is 21.6. The molecule has 3 rings (SSSR count). The predicted molar refractivity (Wildman–Crippen MR) is 122 cm³/mol. The van der Waals surface area contributed by atoms with Gasteiger partial charge in [0.25, 0.3) is 0 Å². The van der Waals surface area contributed by atoms with Crippen molar-refractivity contribution in [3.05, 3.63) is 59.7 Å². The van der Waals surface area contributed by atoms with Crippen LogP contribution in [0.3, 0.4) is 0 Å². The van der Waals surface area contributed by atoms with Gasteiger partial charge >= 0.3 is 0 Å². The van der Waals surface area contributed by atoms with Crippen molar-refractivity contribution >= 4 is 23.2 Å². The molecule has 1 unspecified atom stereocenters. The average molecular weight is 408 g/mol. The van der Waals surface area contributed by atoms with Gasteiger partial charge in [0.15, 0.2) is 0 Å². The van der Waals surface area contributed by atoms with Crippen molar-refractivity contribution in [2.45, 2.75) is 51.9 Å². The molecule has 1 atom stereocenters. The molecule has 0 radical (unpaired) electrons. The Morgan fingerprint density at radius 1 is 1.07 bits per heavy atom. The second kappa shape index (κ2) is 9.79. The fraction of sp³-hybridized carbons (Fsp3) is 0.440. The van der Waals surface area contributed by atoms with Gasteiger partial charge in [0.05, 0.1) is 5.92 Å². The minimum atomic E-state index is -0.218. The largest absolute Gasteiger partial charge is 0.356 e. The zero-order valence-electron chi connectivity index (χ0n) is 18.3. The van der Waals surface area contributed by atoms with Gasteiger partial charge < -0.3 is 16.0 Å². The highest BCUT2D eigenvalue weighted by Crippen LogP contribution is 2.28. The summed E-state index contributed by atoms with van der Waals surface area (Å²) < 4.78 is 0. The summed E-state index contributed by atoms with van der Waals surface area (Å²) in [6.45, 7) is 7.85. The van der Waals surface area contributed by atoms with Crippen LogP contribution in [0.15, 0.2) is 48.5 Å². The maximum atomic E-state index is 12.0. The van der Waals surface area contributed by atoms with Crippen LogP contribution in [0.25, 0.3) is 0 Å². The third-order valence-electron chi connectivity index (χ3n) is 6.08. The van der Waals surface area contributed by atoms with Crippen LogP contribution >= 0.6 is 0 Å². The van der Waals surface area contributed by atoms with Crippen LogP contribution in [0.4, 0.5) is 11.4 Å². The fourth-order valence-corrected chi connectivity index (χ4v) is 3.57. The highest BCUT2D eigenvalue weighted by molar-refractivity contribution is 5.89. The molecule has 160 valence electrons. The Hall–Kier alpha value is -2.82. The van der Waals surface area contributed by atoms with Gasteiger partial charge in [-0.2, -0.15) is 0 Å². The van der Waals surface area contributed by atoms with Crippen LogP contribution in [0, 0.1) is 5.92 Å². The Morgan fingerprint density at radius 3 is 2.27 bits per heavy atom. The molecule has 0 bridgehead atoms. The third-order valence-corrected chi connectivity index (χ3v) is 6.08. The first-order valence-corrected chi connectivity index (χ1v) is 10.9. The Bertz CT molecular complexity index is 857. The predicted octanol–water partition coefficient (Wildman–Crippen LogP) is 4.30. The second-order valence-corrected chi connectivity index (χ2v) is 8.74. The molecule has 0 spiro atoms. The summed E-state index contributed by atoms with van der Waals surface area (Å²) >= 11 is 0. The van der Waals surface area contributed by atoms with Crippen molar-refractivity contribution in [3.8, 4) is 0 Å². The van der Waals surface area contributed by atoms with Crippen LogP contribution < -0.4 is 16.0 Å². The number of benzene rings is 2. The fourth-order valence-electron chi connectivity index (χ4n) is 3.57. The van der Waals surface area contributed by atoms with E-state index in [2.05, 4.69) is 85.3 Å². The first-order chi connectivity index (χ1) is 14.4. The number of rotatable bonds is 9. The van der Waals surface area contributed by atoms with Gasteiger partial charge in [-0.3, -0.25) is 9.59 Å². The van der Waals surface area contributed by atoms with Crippen LogP contribution in [0.2, 0.25) is 0 Å². The van der Waals surface area contributed by atoms with Gasteiger partial charge in [-0.1, -0.05) is 45.0 Å². The molecule has 5 nitrogen and oxygen atoms in total. The van der Waals surface area contributed by atoms with Crippen LogP contribution in [-0.4, -0.2) is 24.9 Å². The van der Waals surface area contributed by atoms with Crippen molar-refractivity contribution in [2.24, 2.45) is 5.92 Å². The normalized spacial score (nSPS) is 16.2. The highest BCUT2D eigenvalue weighted by Gasteiger charge is 2.27. The molecule has 2 aromatic carbocycles. The van der Waals surface area contributed by atoms with E-state index < -0.39 is 0 Å². The minimum Gasteiger partial charge on any atom is -0.356 e. The Morgan fingerprint density at radius 2 is 1.70 bits per heavy atom. The summed E-state index contributed by atoms with van der Waals surface area (Å²) in [5.41, 5.74) is 4.95. The molecule has 30 heavy (non-hydrogen) atoms. The van der Waals surface area contributed by atoms with E-state index in [0.29, 0.717) is 19.5 Å². The van der Waals surface area contributed by atoms with E-state index in [1.165, 1.54) is 11.1 Å². The second-order valence-electron chi connectivity index (χ2n) is 8.74. The zero-order valence-corrected chi connectivity index (χ0v) is 18.3. The number of hydrogen-bond acceptors (Lipinski definition) is 3. The summed E-state index contributed by atoms with van der Waals surface area (Å²) in [6.07, 6.45) is 3.20. The lowest BCUT2D eigenvalue weighted by Crippen LogP contribution is -2.32. The van der Waals surface area contributed by atoms with E-state index in [4.69, 9.17) is 0 Å².